The Labute approximate surface area is 85.5 Å². The van der Waals surface area contributed by atoms with Crippen molar-refractivity contribution < 1.29 is 9.47 Å². The van der Waals surface area contributed by atoms with Crippen LogP contribution in [-0.4, -0.2) is 31.8 Å². The van der Waals surface area contributed by atoms with Gasteiger partial charge in [-0.2, -0.15) is 0 Å². The van der Waals surface area contributed by atoms with E-state index in [0.717, 1.165) is 13.0 Å². The fraction of sp³-hybridized carbons (Fsp3) is 1.00. The lowest BCUT2D eigenvalue weighted by Gasteiger charge is -2.34. The topological polar surface area (TPSA) is 18.5 Å². The Balaban J connectivity index is 2.53. The summed E-state index contributed by atoms with van der Waals surface area (Å²) in [5.74, 6) is 0.947. The van der Waals surface area contributed by atoms with Crippen molar-refractivity contribution >= 4 is 11.6 Å². The fourth-order valence-corrected chi connectivity index (χ4v) is 2.12. The Hall–Kier alpha value is 0.210. The number of hydrogen-bond acceptors (Lipinski definition) is 2. The maximum atomic E-state index is 6.33. The molecular weight excluding hydrogens is 188 g/mol. The molecule has 1 rings (SSSR count). The number of alkyl halides is 1. The van der Waals surface area contributed by atoms with Crippen LogP contribution in [0.4, 0.5) is 0 Å². The minimum absolute atomic E-state index is 0.179. The van der Waals surface area contributed by atoms with Gasteiger partial charge in [0.25, 0.3) is 0 Å². The Kier molecular flexibility index (Phi) is 4.50. The van der Waals surface area contributed by atoms with E-state index in [0.29, 0.717) is 18.4 Å². The molecule has 0 saturated carbocycles. The van der Waals surface area contributed by atoms with Gasteiger partial charge in [-0.3, -0.25) is 0 Å². The summed E-state index contributed by atoms with van der Waals surface area (Å²) in [6.45, 7) is 5.82. The zero-order valence-corrected chi connectivity index (χ0v) is 9.38. The lowest BCUT2D eigenvalue weighted by atomic mass is 9.88. The van der Waals surface area contributed by atoms with Crippen molar-refractivity contribution in [2.24, 2.45) is 11.8 Å². The summed E-state index contributed by atoms with van der Waals surface area (Å²) in [4.78, 5) is 0. The zero-order valence-electron chi connectivity index (χ0n) is 8.63. The van der Waals surface area contributed by atoms with Crippen LogP contribution in [0.15, 0.2) is 0 Å². The summed E-state index contributed by atoms with van der Waals surface area (Å²) < 4.78 is 10.7. The standard InChI is InChI=1S/C10H19ClO2/c1-7(2)10(11)8-4-5-13-6-9(8)12-3/h7-10H,4-6H2,1-3H3. The Morgan fingerprint density at radius 2 is 2.15 bits per heavy atom. The van der Waals surface area contributed by atoms with Crippen LogP contribution >= 0.6 is 11.6 Å². The van der Waals surface area contributed by atoms with Gasteiger partial charge in [-0.05, 0) is 12.3 Å². The average molecular weight is 207 g/mol. The Bertz CT molecular complexity index is 148. The first-order chi connectivity index (χ1) is 6.16. The van der Waals surface area contributed by atoms with Gasteiger partial charge < -0.3 is 9.47 Å². The van der Waals surface area contributed by atoms with Gasteiger partial charge in [-0.1, -0.05) is 13.8 Å². The van der Waals surface area contributed by atoms with Crippen LogP contribution in [0, 0.1) is 11.8 Å². The molecule has 0 aromatic rings. The summed E-state index contributed by atoms with van der Waals surface area (Å²) in [5.41, 5.74) is 0. The number of halogens is 1. The third-order valence-electron chi connectivity index (χ3n) is 2.70. The van der Waals surface area contributed by atoms with Crippen molar-refractivity contribution in [3.63, 3.8) is 0 Å². The van der Waals surface area contributed by atoms with Crippen molar-refractivity contribution in [3.05, 3.63) is 0 Å². The highest BCUT2D eigenvalue weighted by molar-refractivity contribution is 6.21. The maximum Gasteiger partial charge on any atom is 0.0847 e. The first kappa shape index (κ1) is 11.3. The molecule has 0 radical (unpaired) electrons. The van der Waals surface area contributed by atoms with E-state index in [-0.39, 0.29) is 11.5 Å². The molecule has 1 saturated heterocycles. The van der Waals surface area contributed by atoms with E-state index in [2.05, 4.69) is 13.8 Å². The SMILES string of the molecule is COC1COCCC1C(Cl)C(C)C. The molecular formula is C10H19ClO2. The van der Waals surface area contributed by atoms with E-state index >= 15 is 0 Å². The van der Waals surface area contributed by atoms with Gasteiger partial charge in [-0.25, -0.2) is 0 Å². The van der Waals surface area contributed by atoms with E-state index < -0.39 is 0 Å². The normalized spacial score (nSPS) is 32.1. The average Bonchev–Trinajstić information content (AvgIpc) is 2.16. The van der Waals surface area contributed by atoms with Crippen molar-refractivity contribution in [3.8, 4) is 0 Å². The van der Waals surface area contributed by atoms with Crippen LogP contribution in [-0.2, 0) is 9.47 Å². The van der Waals surface area contributed by atoms with Crippen LogP contribution in [0.1, 0.15) is 20.3 Å². The van der Waals surface area contributed by atoms with Crippen molar-refractivity contribution in [1.29, 1.82) is 0 Å². The third kappa shape index (κ3) is 2.83. The van der Waals surface area contributed by atoms with Gasteiger partial charge in [0.1, 0.15) is 0 Å². The van der Waals surface area contributed by atoms with Gasteiger partial charge in [0.05, 0.1) is 12.7 Å². The summed E-state index contributed by atoms with van der Waals surface area (Å²) in [6, 6.07) is 0. The minimum atomic E-state index is 0.179. The first-order valence-electron chi connectivity index (χ1n) is 4.91. The molecule has 0 aromatic carbocycles. The van der Waals surface area contributed by atoms with Gasteiger partial charge in [0.2, 0.25) is 0 Å². The van der Waals surface area contributed by atoms with Gasteiger partial charge in [0.15, 0.2) is 0 Å². The van der Waals surface area contributed by atoms with E-state index in [4.69, 9.17) is 21.1 Å². The second kappa shape index (κ2) is 5.18. The molecule has 78 valence electrons. The smallest absolute Gasteiger partial charge is 0.0847 e. The highest BCUT2D eigenvalue weighted by Crippen LogP contribution is 2.29. The lowest BCUT2D eigenvalue weighted by Crippen LogP contribution is -2.40. The van der Waals surface area contributed by atoms with Gasteiger partial charge in [0, 0.05) is 25.0 Å². The fourth-order valence-electron chi connectivity index (χ4n) is 1.83. The predicted octanol–water partition coefficient (Wildman–Crippen LogP) is 2.30. The molecule has 1 aliphatic rings. The number of methoxy groups -OCH3 is 1. The molecule has 0 bridgehead atoms. The molecule has 2 nitrogen and oxygen atoms in total. The molecule has 3 heteroatoms. The molecule has 3 atom stereocenters. The lowest BCUT2D eigenvalue weighted by molar-refractivity contribution is -0.0687. The minimum Gasteiger partial charge on any atom is -0.379 e. The molecule has 0 N–H and O–H groups in total. The molecule has 0 aliphatic carbocycles. The first-order valence-corrected chi connectivity index (χ1v) is 5.35. The van der Waals surface area contributed by atoms with Crippen molar-refractivity contribution in [1.82, 2.24) is 0 Å². The largest absolute Gasteiger partial charge is 0.379 e. The third-order valence-corrected chi connectivity index (χ3v) is 3.53. The van der Waals surface area contributed by atoms with Crippen LogP contribution < -0.4 is 0 Å². The predicted molar refractivity (Wildman–Crippen MR) is 54.2 cm³/mol. The molecule has 13 heavy (non-hydrogen) atoms. The van der Waals surface area contributed by atoms with Crippen LogP contribution in [0.2, 0.25) is 0 Å². The van der Waals surface area contributed by atoms with Gasteiger partial charge >= 0.3 is 0 Å². The van der Waals surface area contributed by atoms with E-state index in [1.165, 1.54) is 0 Å². The highest BCUT2D eigenvalue weighted by atomic mass is 35.5. The van der Waals surface area contributed by atoms with E-state index in [1.807, 2.05) is 0 Å². The molecule has 0 spiro atoms. The van der Waals surface area contributed by atoms with Crippen LogP contribution in [0.25, 0.3) is 0 Å². The monoisotopic (exact) mass is 206 g/mol. The molecule has 1 aliphatic heterocycles. The van der Waals surface area contributed by atoms with Crippen LogP contribution in [0.5, 0.6) is 0 Å². The Morgan fingerprint density at radius 1 is 1.46 bits per heavy atom. The van der Waals surface area contributed by atoms with E-state index in [1.54, 1.807) is 7.11 Å². The Morgan fingerprint density at radius 3 is 2.69 bits per heavy atom. The highest BCUT2D eigenvalue weighted by Gasteiger charge is 2.32. The second-order valence-corrected chi connectivity index (χ2v) is 4.49. The van der Waals surface area contributed by atoms with Crippen LogP contribution in [0.3, 0.4) is 0 Å². The quantitative estimate of drug-likeness (QED) is 0.660. The summed E-state index contributed by atoms with van der Waals surface area (Å²) in [5, 5.41) is 0.203. The summed E-state index contributed by atoms with van der Waals surface area (Å²) in [7, 11) is 1.73. The molecule has 1 heterocycles. The summed E-state index contributed by atoms with van der Waals surface area (Å²) >= 11 is 6.33. The molecule has 0 aromatic heterocycles. The molecule has 0 amide bonds. The summed E-state index contributed by atoms with van der Waals surface area (Å²) in [6.07, 6.45) is 1.20. The zero-order chi connectivity index (χ0) is 9.84. The number of rotatable bonds is 3. The molecule has 3 unspecified atom stereocenters. The van der Waals surface area contributed by atoms with E-state index in [9.17, 15) is 0 Å². The second-order valence-electron chi connectivity index (χ2n) is 3.99. The van der Waals surface area contributed by atoms with Crippen molar-refractivity contribution in [2.45, 2.75) is 31.7 Å². The van der Waals surface area contributed by atoms with Gasteiger partial charge in [-0.15, -0.1) is 11.6 Å². The number of ether oxygens (including phenoxy) is 2. The number of hydrogen-bond donors (Lipinski definition) is 0. The van der Waals surface area contributed by atoms with Crippen molar-refractivity contribution in [2.75, 3.05) is 20.3 Å². The maximum absolute atomic E-state index is 6.33. The molecule has 1 fully saturated rings.